The second kappa shape index (κ2) is 7.49. The molecular formula is C20H14ClF3N4O2. The summed E-state index contributed by atoms with van der Waals surface area (Å²) in [7, 11) is 1.47. The number of nitrogens with zero attached hydrogens (tertiary/aromatic N) is 2. The van der Waals surface area contributed by atoms with Gasteiger partial charge in [-0.15, -0.1) is 0 Å². The van der Waals surface area contributed by atoms with E-state index in [1.54, 1.807) is 18.2 Å². The Balaban J connectivity index is 1.51. The zero-order valence-electron chi connectivity index (χ0n) is 15.5. The summed E-state index contributed by atoms with van der Waals surface area (Å²) in [4.78, 5) is 23.8. The SMILES string of the molecule is COc1ccc(C(=O)NC2=NCC(c3nc4ccc(C(F)(F)F)cc4[nH]3)=C2)cc1Cl. The number of halogens is 4. The molecule has 2 heterocycles. The molecule has 0 aliphatic carbocycles. The topological polar surface area (TPSA) is 79.4 Å². The van der Waals surface area contributed by atoms with Gasteiger partial charge in [0.05, 0.1) is 35.3 Å². The number of alkyl halides is 3. The summed E-state index contributed by atoms with van der Waals surface area (Å²) in [6.45, 7) is 0.227. The zero-order chi connectivity index (χ0) is 21.5. The molecule has 1 aliphatic rings. The van der Waals surface area contributed by atoms with Crippen LogP contribution in [0, 0.1) is 0 Å². The van der Waals surface area contributed by atoms with E-state index in [1.165, 1.54) is 19.2 Å². The molecule has 0 unspecified atom stereocenters. The van der Waals surface area contributed by atoms with Crippen LogP contribution in [0.15, 0.2) is 47.5 Å². The van der Waals surface area contributed by atoms with Crippen LogP contribution in [0.2, 0.25) is 5.02 Å². The van der Waals surface area contributed by atoms with Crippen LogP contribution in [0.25, 0.3) is 16.6 Å². The number of H-pyrrole nitrogens is 1. The summed E-state index contributed by atoms with van der Waals surface area (Å²) >= 11 is 6.04. The summed E-state index contributed by atoms with van der Waals surface area (Å²) < 4.78 is 43.7. The van der Waals surface area contributed by atoms with Crippen LogP contribution in [0.1, 0.15) is 21.7 Å². The first-order chi connectivity index (χ1) is 14.2. The van der Waals surface area contributed by atoms with E-state index in [9.17, 15) is 18.0 Å². The number of rotatable bonds is 3. The highest BCUT2D eigenvalue weighted by molar-refractivity contribution is 6.32. The number of ether oxygens (including phenoxy) is 1. The van der Waals surface area contributed by atoms with Crippen molar-refractivity contribution < 1.29 is 22.7 Å². The lowest BCUT2D eigenvalue weighted by molar-refractivity contribution is -0.137. The molecule has 1 aromatic heterocycles. The van der Waals surface area contributed by atoms with Crippen LogP contribution in [0.3, 0.4) is 0 Å². The summed E-state index contributed by atoms with van der Waals surface area (Å²) in [5.41, 5.74) is 0.889. The van der Waals surface area contributed by atoms with E-state index < -0.39 is 17.6 Å². The Hall–Kier alpha value is -3.33. The van der Waals surface area contributed by atoms with Crippen molar-refractivity contribution in [2.24, 2.45) is 4.99 Å². The lowest BCUT2D eigenvalue weighted by Gasteiger charge is -2.06. The molecule has 10 heteroatoms. The molecule has 0 radical (unpaired) electrons. The Bertz CT molecular complexity index is 1210. The Morgan fingerprint density at radius 2 is 2.03 bits per heavy atom. The quantitative estimate of drug-likeness (QED) is 0.638. The minimum absolute atomic E-state index is 0.227. The van der Waals surface area contributed by atoms with Gasteiger partial charge in [-0.1, -0.05) is 11.6 Å². The number of imidazole rings is 1. The molecule has 6 nitrogen and oxygen atoms in total. The first-order valence-corrected chi connectivity index (χ1v) is 9.09. The average molecular weight is 435 g/mol. The number of hydrogen-bond acceptors (Lipinski definition) is 4. The lowest BCUT2D eigenvalue weighted by atomic mass is 10.2. The van der Waals surface area contributed by atoms with Gasteiger partial charge in [0.2, 0.25) is 0 Å². The summed E-state index contributed by atoms with van der Waals surface area (Å²) in [5, 5.41) is 2.97. The van der Waals surface area contributed by atoms with Crippen molar-refractivity contribution in [3.05, 3.63) is 64.4 Å². The molecule has 0 saturated heterocycles. The Morgan fingerprint density at radius 3 is 2.73 bits per heavy atom. The second-order valence-corrected chi connectivity index (χ2v) is 6.90. The molecule has 154 valence electrons. The molecule has 1 aliphatic heterocycles. The maximum atomic E-state index is 12.9. The Morgan fingerprint density at radius 1 is 1.23 bits per heavy atom. The highest BCUT2D eigenvalue weighted by Crippen LogP contribution is 2.31. The van der Waals surface area contributed by atoms with Crippen LogP contribution in [0.5, 0.6) is 5.75 Å². The predicted molar refractivity (Wildman–Crippen MR) is 107 cm³/mol. The minimum atomic E-state index is -4.43. The maximum absolute atomic E-state index is 12.9. The van der Waals surface area contributed by atoms with Gasteiger partial charge in [0.1, 0.15) is 17.4 Å². The van der Waals surface area contributed by atoms with Crippen molar-refractivity contribution in [1.82, 2.24) is 15.3 Å². The molecule has 1 amide bonds. The third kappa shape index (κ3) is 3.88. The van der Waals surface area contributed by atoms with Crippen molar-refractivity contribution in [3.63, 3.8) is 0 Å². The van der Waals surface area contributed by atoms with Crippen molar-refractivity contribution in [3.8, 4) is 5.75 Å². The van der Waals surface area contributed by atoms with Crippen LogP contribution in [-0.2, 0) is 6.18 Å². The number of methoxy groups -OCH3 is 1. The summed E-state index contributed by atoms with van der Waals surface area (Å²) in [6.07, 6.45) is -2.82. The molecular weight excluding hydrogens is 421 g/mol. The highest BCUT2D eigenvalue weighted by Gasteiger charge is 2.30. The number of amidine groups is 1. The summed E-state index contributed by atoms with van der Waals surface area (Å²) in [5.74, 6) is 0.755. The third-order valence-corrected chi connectivity index (χ3v) is 4.80. The van der Waals surface area contributed by atoms with Gasteiger partial charge < -0.3 is 15.0 Å². The molecule has 2 aromatic carbocycles. The molecule has 3 aromatic rings. The van der Waals surface area contributed by atoms with Crippen molar-refractivity contribution >= 4 is 40.0 Å². The third-order valence-electron chi connectivity index (χ3n) is 4.50. The Kier molecular flexibility index (Phi) is 4.98. The summed E-state index contributed by atoms with van der Waals surface area (Å²) in [6, 6.07) is 7.94. The van der Waals surface area contributed by atoms with E-state index >= 15 is 0 Å². The number of aliphatic imine (C=N–C) groups is 1. The number of amides is 1. The van der Waals surface area contributed by atoms with Crippen LogP contribution < -0.4 is 10.1 Å². The fraction of sp³-hybridized carbons (Fsp3) is 0.150. The van der Waals surface area contributed by atoms with Gasteiger partial charge >= 0.3 is 6.18 Å². The van der Waals surface area contributed by atoms with Crippen molar-refractivity contribution in [2.75, 3.05) is 13.7 Å². The van der Waals surface area contributed by atoms with Crippen molar-refractivity contribution in [1.29, 1.82) is 0 Å². The number of fused-ring (bicyclic) bond motifs is 1. The zero-order valence-corrected chi connectivity index (χ0v) is 16.2. The van der Waals surface area contributed by atoms with Gasteiger partial charge in [0.25, 0.3) is 5.91 Å². The largest absolute Gasteiger partial charge is 0.495 e. The number of aromatic nitrogens is 2. The standard InChI is InChI=1S/C20H14ClF3N4O2/c1-30-16-5-2-10(6-13(16)21)19(29)28-17-7-11(9-25-17)18-26-14-4-3-12(20(22,23)24)8-15(14)27-18/h2-8H,9H2,1H3,(H,26,27)(H,25,28,29). The molecule has 30 heavy (non-hydrogen) atoms. The van der Waals surface area contributed by atoms with Crippen molar-refractivity contribution in [2.45, 2.75) is 6.18 Å². The monoisotopic (exact) mass is 434 g/mol. The van der Waals surface area contributed by atoms with Gasteiger partial charge in [0.15, 0.2) is 0 Å². The molecule has 0 spiro atoms. The predicted octanol–water partition coefficient (Wildman–Crippen LogP) is 4.47. The van der Waals surface area contributed by atoms with Crippen LogP contribution in [0.4, 0.5) is 13.2 Å². The van der Waals surface area contributed by atoms with E-state index in [0.29, 0.717) is 39.1 Å². The molecule has 4 rings (SSSR count). The molecule has 0 saturated carbocycles. The van der Waals surface area contributed by atoms with E-state index in [4.69, 9.17) is 16.3 Å². The number of hydrogen-bond donors (Lipinski definition) is 2. The number of benzene rings is 2. The first-order valence-electron chi connectivity index (χ1n) is 8.72. The minimum Gasteiger partial charge on any atom is -0.495 e. The average Bonchev–Trinajstić information content (AvgIpc) is 3.33. The van der Waals surface area contributed by atoms with Gasteiger partial charge in [0, 0.05) is 11.1 Å². The van der Waals surface area contributed by atoms with Crippen LogP contribution in [-0.4, -0.2) is 35.4 Å². The highest BCUT2D eigenvalue weighted by atomic mass is 35.5. The van der Waals surface area contributed by atoms with Gasteiger partial charge in [-0.05, 0) is 42.5 Å². The lowest BCUT2D eigenvalue weighted by Crippen LogP contribution is -2.28. The normalized spacial score (nSPS) is 13.9. The van der Waals surface area contributed by atoms with E-state index in [-0.39, 0.29) is 12.1 Å². The van der Waals surface area contributed by atoms with Gasteiger partial charge in [-0.3, -0.25) is 9.79 Å². The van der Waals surface area contributed by atoms with Gasteiger partial charge in [-0.2, -0.15) is 13.2 Å². The van der Waals surface area contributed by atoms with E-state index in [0.717, 1.165) is 12.1 Å². The first kappa shape index (κ1) is 20.0. The second-order valence-electron chi connectivity index (χ2n) is 6.49. The number of nitrogens with one attached hydrogen (secondary N) is 2. The fourth-order valence-corrected chi connectivity index (χ4v) is 3.24. The fourth-order valence-electron chi connectivity index (χ4n) is 2.98. The Labute approximate surface area is 173 Å². The molecule has 0 atom stereocenters. The maximum Gasteiger partial charge on any atom is 0.416 e. The van der Waals surface area contributed by atoms with Gasteiger partial charge in [-0.25, -0.2) is 4.98 Å². The molecule has 0 bridgehead atoms. The number of carbonyl (C=O) groups is 1. The molecule has 0 fully saturated rings. The van der Waals surface area contributed by atoms with E-state index in [1.807, 2.05) is 0 Å². The molecule has 2 N–H and O–H groups in total. The number of carbonyl (C=O) groups excluding carboxylic acids is 1. The smallest absolute Gasteiger partial charge is 0.416 e. The number of aromatic amines is 1. The van der Waals surface area contributed by atoms with Crippen LogP contribution >= 0.6 is 11.6 Å². The van der Waals surface area contributed by atoms with E-state index in [2.05, 4.69) is 20.3 Å².